The van der Waals surface area contributed by atoms with Crippen LogP contribution in [0.25, 0.3) is 0 Å². The van der Waals surface area contributed by atoms with Gasteiger partial charge in [-0.05, 0) is 31.2 Å². The molecule has 3 unspecified atom stereocenters. The Kier molecular flexibility index (Phi) is 8.61. The second-order valence-corrected chi connectivity index (χ2v) is 10.2. The highest BCUT2D eigenvalue weighted by molar-refractivity contribution is 7.90. The lowest BCUT2D eigenvalue weighted by Gasteiger charge is -2.22. The van der Waals surface area contributed by atoms with Gasteiger partial charge in [-0.2, -0.15) is 0 Å². The van der Waals surface area contributed by atoms with E-state index in [2.05, 4.69) is 29.1 Å². The molecule has 1 aromatic heterocycles. The molecule has 1 aliphatic rings. The van der Waals surface area contributed by atoms with Gasteiger partial charge in [0.05, 0.1) is 7.11 Å². The zero-order valence-electron chi connectivity index (χ0n) is 18.7. The van der Waals surface area contributed by atoms with Crippen LogP contribution in [0.15, 0.2) is 29.3 Å². The van der Waals surface area contributed by atoms with Crippen LogP contribution in [0.2, 0.25) is 0 Å². The molecule has 9 heteroatoms. The third-order valence-corrected chi connectivity index (χ3v) is 6.65. The number of methoxy groups -OCH3 is 1. The van der Waals surface area contributed by atoms with Crippen LogP contribution in [0, 0.1) is 11.8 Å². The first kappa shape index (κ1) is 24.8. The summed E-state index contributed by atoms with van der Waals surface area (Å²) < 4.78 is 28.6. The van der Waals surface area contributed by atoms with Crippen LogP contribution in [0.1, 0.15) is 56.3 Å². The van der Waals surface area contributed by atoms with Gasteiger partial charge in [0, 0.05) is 36.4 Å². The number of carbonyl (C=O) groups is 2. The van der Waals surface area contributed by atoms with Gasteiger partial charge in [0.25, 0.3) is 5.91 Å². The largest absolute Gasteiger partial charge is 0.481 e. The summed E-state index contributed by atoms with van der Waals surface area (Å²) in [6.45, 7) is 8.15. The van der Waals surface area contributed by atoms with E-state index in [9.17, 15) is 18.0 Å². The van der Waals surface area contributed by atoms with Gasteiger partial charge < -0.3 is 15.4 Å². The van der Waals surface area contributed by atoms with E-state index in [-0.39, 0.29) is 40.9 Å². The fraction of sp³-hybridized carbons (Fsp3) is 0.591. The van der Waals surface area contributed by atoms with Crippen molar-refractivity contribution < 1.29 is 22.7 Å². The second-order valence-electron chi connectivity index (χ2n) is 8.26. The van der Waals surface area contributed by atoms with Crippen molar-refractivity contribution in [3.8, 4) is 5.88 Å². The highest BCUT2D eigenvalue weighted by Gasteiger charge is 2.28. The molecule has 0 aromatic carbocycles. The predicted octanol–water partition coefficient (Wildman–Crippen LogP) is 2.50. The first-order valence-corrected chi connectivity index (χ1v) is 12.5. The Hall–Kier alpha value is -2.42. The van der Waals surface area contributed by atoms with Crippen LogP contribution in [0.4, 0.5) is 0 Å². The van der Waals surface area contributed by atoms with Crippen molar-refractivity contribution in [2.75, 3.05) is 19.9 Å². The van der Waals surface area contributed by atoms with Crippen LogP contribution in [-0.2, 0) is 14.6 Å². The second kappa shape index (κ2) is 10.7. The summed E-state index contributed by atoms with van der Waals surface area (Å²) in [6, 6.07) is 2.82. The van der Waals surface area contributed by atoms with E-state index in [0.29, 0.717) is 17.9 Å². The lowest BCUT2D eigenvalue weighted by molar-refractivity contribution is -0.125. The van der Waals surface area contributed by atoms with Crippen molar-refractivity contribution in [2.45, 2.75) is 57.0 Å². The molecule has 1 saturated carbocycles. The minimum Gasteiger partial charge on any atom is -0.481 e. The summed E-state index contributed by atoms with van der Waals surface area (Å²) in [5.74, 6) is -0.127. The van der Waals surface area contributed by atoms with E-state index in [1.165, 1.54) is 19.2 Å². The van der Waals surface area contributed by atoms with Crippen molar-refractivity contribution in [3.05, 3.63) is 29.8 Å². The molecule has 0 spiro atoms. The van der Waals surface area contributed by atoms with Crippen molar-refractivity contribution in [1.29, 1.82) is 0 Å². The Morgan fingerprint density at radius 3 is 2.65 bits per heavy atom. The molecule has 1 fully saturated rings. The Bertz CT molecular complexity index is 929. The van der Waals surface area contributed by atoms with Crippen LogP contribution in [0.3, 0.4) is 0 Å². The van der Waals surface area contributed by atoms with Gasteiger partial charge in [-0.25, -0.2) is 13.4 Å². The number of hydrogen-bond donors (Lipinski definition) is 2. The highest BCUT2D eigenvalue weighted by atomic mass is 32.2. The Balaban J connectivity index is 1.90. The van der Waals surface area contributed by atoms with Gasteiger partial charge in [0.15, 0.2) is 14.9 Å². The molecule has 2 N–H and O–H groups in total. The number of ether oxygens (including phenoxy) is 1. The number of amides is 2. The van der Waals surface area contributed by atoms with Gasteiger partial charge in [-0.3, -0.25) is 9.59 Å². The molecule has 0 saturated heterocycles. The Morgan fingerprint density at radius 1 is 1.32 bits per heavy atom. The maximum Gasteiger partial charge on any atom is 0.251 e. The third-order valence-electron chi connectivity index (χ3n) is 5.68. The van der Waals surface area contributed by atoms with Gasteiger partial charge in [-0.15, -0.1) is 0 Å². The summed E-state index contributed by atoms with van der Waals surface area (Å²) in [5.41, 5.74) is 0.830. The molecule has 31 heavy (non-hydrogen) atoms. The standard InChI is InChI=1S/C22H33N3O5S/c1-6-16-8-7-9-18(16)24-21(26)15(3)10-14(2)13-23-22(27)17-11-19(30-4)25-20(12-17)31(5,28)29/h11-12,15-16,18H,2,6-10,13H2,1,3-5H3,(H,23,27)(H,24,26). The van der Waals surface area contributed by atoms with E-state index >= 15 is 0 Å². The van der Waals surface area contributed by atoms with Gasteiger partial charge in [0.2, 0.25) is 11.8 Å². The summed E-state index contributed by atoms with van der Waals surface area (Å²) in [5, 5.41) is 5.64. The zero-order valence-corrected chi connectivity index (χ0v) is 19.5. The SMILES string of the molecule is C=C(CNC(=O)c1cc(OC)nc(S(C)(=O)=O)c1)CC(C)C(=O)NC1CCCC1CC. The van der Waals surface area contributed by atoms with E-state index in [0.717, 1.165) is 31.9 Å². The number of rotatable bonds is 10. The summed E-state index contributed by atoms with van der Waals surface area (Å²) in [6.07, 6.45) is 5.87. The first-order chi connectivity index (χ1) is 14.5. The van der Waals surface area contributed by atoms with Gasteiger partial charge in [0.1, 0.15) is 0 Å². The molecular weight excluding hydrogens is 418 g/mol. The number of nitrogens with one attached hydrogen (secondary N) is 2. The third kappa shape index (κ3) is 7.05. The van der Waals surface area contributed by atoms with Crippen LogP contribution in [-0.4, -0.2) is 51.2 Å². The highest BCUT2D eigenvalue weighted by Crippen LogP contribution is 2.28. The number of hydrogen-bond acceptors (Lipinski definition) is 6. The average molecular weight is 452 g/mol. The lowest BCUT2D eigenvalue weighted by atomic mass is 9.97. The summed E-state index contributed by atoms with van der Waals surface area (Å²) >= 11 is 0. The van der Waals surface area contributed by atoms with Gasteiger partial charge >= 0.3 is 0 Å². The molecule has 1 aromatic rings. The van der Waals surface area contributed by atoms with Crippen LogP contribution in [0.5, 0.6) is 5.88 Å². The summed E-state index contributed by atoms with van der Waals surface area (Å²) in [7, 11) is -2.25. The van der Waals surface area contributed by atoms with Crippen molar-refractivity contribution in [2.24, 2.45) is 11.8 Å². The number of pyridine rings is 1. The normalized spacial score (nSPS) is 19.5. The van der Waals surface area contributed by atoms with Crippen molar-refractivity contribution in [1.82, 2.24) is 15.6 Å². The maximum absolute atomic E-state index is 12.5. The molecule has 172 valence electrons. The fourth-order valence-corrected chi connectivity index (χ4v) is 4.45. The lowest BCUT2D eigenvalue weighted by Crippen LogP contribution is -2.40. The smallest absolute Gasteiger partial charge is 0.251 e. The van der Waals surface area contributed by atoms with Crippen molar-refractivity contribution in [3.63, 3.8) is 0 Å². The summed E-state index contributed by atoms with van der Waals surface area (Å²) in [4.78, 5) is 28.9. The van der Waals surface area contributed by atoms with E-state index in [1.807, 2.05) is 6.92 Å². The number of nitrogens with zero attached hydrogens (tertiary/aromatic N) is 1. The molecule has 1 aliphatic carbocycles. The first-order valence-electron chi connectivity index (χ1n) is 10.6. The van der Waals surface area contributed by atoms with E-state index in [1.54, 1.807) is 0 Å². The fourth-order valence-electron chi connectivity index (χ4n) is 3.85. The molecule has 1 heterocycles. The maximum atomic E-state index is 12.5. The van der Waals surface area contributed by atoms with Crippen LogP contribution >= 0.6 is 0 Å². The van der Waals surface area contributed by atoms with E-state index in [4.69, 9.17) is 4.74 Å². The number of sulfone groups is 1. The minimum atomic E-state index is -3.60. The Morgan fingerprint density at radius 2 is 2.03 bits per heavy atom. The molecule has 2 amide bonds. The molecule has 8 nitrogen and oxygen atoms in total. The molecule has 0 bridgehead atoms. The minimum absolute atomic E-state index is 0.00879. The van der Waals surface area contributed by atoms with E-state index < -0.39 is 15.7 Å². The predicted molar refractivity (Wildman–Crippen MR) is 119 cm³/mol. The monoisotopic (exact) mass is 451 g/mol. The van der Waals surface area contributed by atoms with Crippen LogP contribution < -0.4 is 15.4 Å². The molecule has 3 atom stereocenters. The Labute approximate surface area is 184 Å². The molecule has 0 aliphatic heterocycles. The number of aromatic nitrogens is 1. The zero-order chi connectivity index (χ0) is 23.2. The van der Waals surface area contributed by atoms with Gasteiger partial charge in [-0.1, -0.05) is 38.8 Å². The van der Waals surface area contributed by atoms with Crippen molar-refractivity contribution >= 4 is 21.7 Å². The molecular formula is C22H33N3O5S. The average Bonchev–Trinajstić information content (AvgIpc) is 3.17. The quantitative estimate of drug-likeness (QED) is 0.528. The molecule has 2 rings (SSSR count). The molecule has 0 radical (unpaired) electrons. The topological polar surface area (TPSA) is 114 Å². The number of carbonyl (C=O) groups excluding carboxylic acids is 2.